The third-order valence-corrected chi connectivity index (χ3v) is 7.46. The SMILES string of the molecule is CCc1c(C)sc2nc(SCc3cc(=O)n4ccsc4n3)n(CCOC)c(=O)c12. The number of aromatic nitrogens is 4. The molecule has 0 saturated heterocycles. The highest BCUT2D eigenvalue weighted by atomic mass is 32.2. The zero-order valence-electron chi connectivity index (χ0n) is 16.3. The summed E-state index contributed by atoms with van der Waals surface area (Å²) in [6.07, 6.45) is 2.52. The van der Waals surface area contributed by atoms with Crippen molar-refractivity contribution in [1.29, 1.82) is 0 Å². The molecule has 29 heavy (non-hydrogen) atoms. The molecule has 0 radical (unpaired) electrons. The Kier molecular flexibility index (Phi) is 5.86. The van der Waals surface area contributed by atoms with Crippen molar-refractivity contribution in [3.63, 3.8) is 0 Å². The number of methoxy groups -OCH3 is 1. The van der Waals surface area contributed by atoms with E-state index in [4.69, 9.17) is 9.72 Å². The van der Waals surface area contributed by atoms with Gasteiger partial charge in [0.1, 0.15) is 4.83 Å². The van der Waals surface area contributed by atoms with Gasteiger partial charge in [0.2, 0.25) is 0 Å². The normalized spacial score (nSPS) is 11.7. The molecule has 0 N–H and O–H groups in total. The van der Waals surface area contributed by atoms with Gasteiger partial charge in [0.15, 0.2) is 10.1 Å². The Balaban J connectivity index is 1.74. The maximum atomic E-state index is 13.2. The number of aryl methyl sites for hydroxylation is 2. The minimum atomic E-state index is -0.103. The van der Waals surface area contributed by atoms with Crippen LogP contribution < -0.4 is 11.1 Å². The minimum absolute atomic E-state index is 0.0301. The van der Waals surface area contributed by atoms with Crippen LogP contribution in [0.3, 0.4) is 0 Å². The predicted octanol–water partition coefficient (Wildman–Crippen LogP) is 3.34. The van der Waals surface area contributed by atoms with Crippen molar-refractivity contribution < 1.29 is 4.74 Å². The van der Waals surface area contributed by atoms with Crippen LogP contribution in [0.1, 0.15) is 23.1 Å². The summed E-state index contributed by atoms with van der Waals surface area (Å²) < 4.78 is 8.40. The molecule has 0 saturated carbocycles. The maximum absolute atomic E-state index is 13.2. The highest BCUT2D eigenvalue weighted by molar-refractivity contribution is 7.98. The molecule has 4 heterocycles. The van der Waals surface area contributed by atoms with E-state index in [9.17, 15) is 9.59 Å². The Hall–Kier alpha value is -2.01. The summed E-state index contributed by atoms with van der Waals surface area (Å²) in [4.78, 5) is 37.4. The van der Waals surface area contributed by atoms with Crippen molar-refractivity contribution in [2.45, 2.75) is 37.7 Å². The first-order valence-electron chi connectivity index (χ1n) is 9.13. The second kappa shape index (κ2) is 8.39. The highest BCUT2D eigenvalue weighted by Gasteiger charge is 2.18. The third-order valence-electron chi connectivity index (χ3n) is 4.66. The van der Waals surface area contributed by atoms with E-state index < -0.39 is 0 Å². The fourth-order valence-corrected chi connectivity index (χ4v) is 6.06. The van der Waals surface area contributed by atoms with E-state index in [0.29, 0.717) is 40.1 Å². The lowest BCUT2D eigenvalue weighted by molar-refractivity contribution is 0.183. The van der Waals surface area contributed by atoms with Crippen molar-refractivity contribution in [1.82, 2.24) is 18.9 Å². The van der Waals surface area contributed by atoms with Crippen LogP contribution in [-0.4, -0.2) is 32.7 Å². The average Bonchev–Trinajstić information content (AvgIpc) is 3.29. The van der Waals surface area contributed by atoms with Crippen LogP contribution >= 0.6 is 34.4 Å². The van der Waals surface area contributed by atoms with Crippen LogP contribution in [0.25, 0.3) is 15.2 Å². The number of rotatable bonds is 7. The first-order chi connectivity index (χ1) is 14.0. The van der Waals surface area contributed by atoms with Crippen LogP contribution in [0.4, 0.5) is 0 Å². The van der Waals surface area contributed by atoms with Crippen LogP contribution in [0.5, 0.6) is 0 Å². The van der Waals surface area contributed by atoms with Crippen LogP contribution in [0.2, 0.25) is 0 Å². The Morgan fingerprint density at radius 1 is 1.28 bits per heavy atom. The van der Waals surface area contributed by atoms with Gasteiger partial charge in [0.05, 0.1) is 24.2 Å². The van der Waals surface area contributed by atoms with Crippen LogP contribution in [0, 0.1) is 6.92 Å². The van der Waals surface area contributed by atoms with Gasteiger partial charge in [-0.3, -0.25) is 18.6 Å². The van der Waals surface area contributed by atoms with Gasteiger partial charge < -0.3 is 4.74 Å². The molecule has 0 aliphatic carbocycles. The molecule has 4 rings (SSSR count). The molecular weight excluding hydrogens is 428 g/mol. The Morgan fingerprint density at radius 2 is 2.10 bits per heavy atom. The molecule has 0 fully saturated rings. The number of hydrogen-bond donors (Lipinski definition) is 0. The van der Waals surface area contributed by atoms with Crippen molar-refractivity contribution in [3.05, 3.63) is 54.5 Å². The molecule has 10 heteroatoms. The zero-order valence-corrected chi connectivity index (χ0v) is 18.7. The number of thiazole rings is 1. The molecular formula is C19H20N4O3S3. The summed E-state index contributed by atoms with van der Waals surface area (Å²) in [6, 6.07) is 1.54. The average molecular weight is 449 g/mol. The summed E-state index contributed by atoms with van der Waals surface area (Å²) in [5.41, 5.74) is 1.61. The molecule has 0 unspecified atom stereocenters. The maximum Gasteiger partial charge on any atom is 0.263 e. The molecule has 0 bridgehead atoms. The molecule has 4 aromatic rings. The summed E-state index contributed by atoms with van der Waals surface area (Å²) >= 11 is 4.39. The molecule has 4 aromatic heterocycles. The van der Waals surface area contributed by atoms with Crippen LogP contribution in [0.15, 0.2) is 32.4 Å². The zero-order chi connectivity index (χ0) is 20.5. The molecule has 0 spiro atoms. The first kappa shape index (κ1) is 20.3. The molecule has 0 aliphatic heterocycles. The Morgan fingerprint density at radius 3 is 2.86 bits per heavy atom. The second-order valence-corrected chi connectivity index (χ2v) is 9.46. The summed E-state index contributed by atoms with van der Waals surface area (Å²) in [6.45, 7) is 4.94. The van der Waals surface area contributed by atoms with E-state index >= 15 is 0 Å². The number of thiophene rings is 1. The van der Waals surface area contributed by atoms with Gasteiger partial charge in [-0.15, -0.1) is 22.7 Å². The lowest BCUT2D eigenvalue weighted by atomic mass is 10.1. The number of fused-ring (bicyclic) bond motifs is 2. The van der Waals surface area contributed by atoms with Crippen molar-refractivity contribution >= 4 is 49.6 Å². The standard InChI is InChI=1S/C19H20N4O3S3/c1-4-13-11(2)29-16-15(13)17(25)23(5-7-26-3)19(21-16)28-10-12-9-14(24)22-6-8-27-18(22)20-12/h6,8-9H,4-5,7,10H2,1-3H3. The quantitative estimate of drug-likeness (QED) is 0.319. The second-order valence-electron chi connectivity index (χ2n) is 6.44. The molecule has 0 aromatic carbocycles. The van der Waals surface area contributed by atoms with Crippen molar-refractivity contribution in [2.75, 3.05) is 13.7 Å². The fourth-order valence-electron chi connectivity index (χ4n) is 3.25. The Labute approximate surface area is 179 Å². The summed E-state index contributed by atoms with van der Waals surface area (Å²) in [5.74, 6) is 0.458. The van der Waals surface area contributed by atoms with Gasteiger partial charge >= 0.3 is 0 Å². The molecule has 0 amide bonds. The van der Waals surface area contributed by atoms with E-state index in [-0.39, 0.29) is 11.1 Å². The molecule has 152 valence electrons. The number of ether oxygens (including phenoxy) is 1. The van der Waals surface area contributed by atoms with Gasteiger partial charge in [0, 0.05) is 35.4 Å². The van der Waals surface area contributed by atoms with Crippen LogP contribution in [-0.2, 0) is 23.5 Å². The van der Waals surface area contributed by atoms with E-state index in [1.54, 1.807) is 29.2 Å². The summed E-state index contributed by atoms with van der Waals surface area (Å²) in [5, 5.41) is 3.17. The van der Waals surface area contributed by atoms with Gasteiger partial charge in [-0.25, -0.2) is 9.97 Å². The van der Waals surface area contributed by atoms with Crippen molar-refractivity contribution in [2.24, 2.45) is 0 Å². The highest BCUT2D eigenvalue weighted by Crippen LogP contribution is 2.30. The van der Waals surface area contributed by atoms with Gasteiger partial charge in [0.25, 0.3) is 11.1 Å². The van der Waals surface area contributed by atoms with E-state index in [0.717, 1.165) is 21.7 Å². The van der Waals surface area contributed by atoms with Gasteiger partial charge in [-0.2, -0.15) is 0 Å². The van der Waals surface area contributed by atoms with Crippen molar-refractivity contribution in [3.8, 4) is 0 Å². The Bertz CT molecular complexity index is 1300. The monoisotopic (exact) mass is 448 g/mol. The number of nitrogens with zero attached hydrogens (tertiary/aromatic N) is 4. The minimum Gasteiger partial charge on any atom is -0.383 e. The predicted molar refractivity (Wildman–Crippen MR) is 119 cm³/mol. The van der Waals surface area contributed by atoms with E-state index in [1.807, 2.05) is 12.3 Å². The smallest absolute Gasteiger partial charge is 0.263 e. The lowest BCUT2D eigenvalue weighted by Crippen LogP contribution is -2.25. The molecule has 0 aliphatic rings. The van der Waals surface area contributed by atoms with Gasteiger partial charge in [-0.1, -0.05) is 18.7 Å². The topological polar surface area (TPSA) is 78.5 Å². The first-order valence-corrected chi connectivity index (χ1v) is 11.8. The lowest BCUT2D eigenvalue weighted by Gasteiger charge is -2.12. The molecule has 0 atom stereocenters. The number of hydrogen-bond acceptors (Lipinski definition) is 8. The largest absolute Gasteiger partial charge is 0.383 e. The third kappa shape index (κ3) is 3.77. The molecule has 7 nitrogen and oxygen atoms in total. The summed E-state index contributed by atoms with van der Waals surface area (Å²) in [7, 11) is 1.61. The van der Waals surface area contributed by atoms with E-state index in [2.05, 4.69) is 11.9 Å². The van der Waals surface area contributed by atoms with Gasteiger partial charge in [-0.05, 0) is 18.9 Å². The fraction of sp³-hybridized carbons (Fsp3) is 0.368. The number of thioether (sulfide) groups is 1. The van der Waals surface area contributed by atoms with E-state index in [1.165, 1.54) is 33.6 Å².